The minimum absolute atomic E-state index is 0.0337. The van der Waals surface area contributed by atoms with Gasteiger partial charge in [-0.15, -0.1) is 0 Å². The van der Waals surface area contributed by atoms with Crippen molar-refractivity contribution in [3.63, 3.8) is 0 Å². The van der Waals surface area contributed by atoms with E-state index in [0.717, 1.165) is 32.0 Å². The molecule has 0 radical (unpaired) electrons. The molecule has 0 fully saturated rings. The van der Waals surface area contributed by atoms with Crippen LogP contribution in [0.25, 0.3) is 0 Å². The van der Waals surface area contributed by atoms with Gasteiger partial charge < -0.3 is 13.6 Å². The predicted octanol–water partition coefficient (Wildman–Crippen LogP) is 7.18. The van der Waals surface area contributed by atoms with Gasteiger partial charge in [0.05, 0.1) is 6.10 Å². The summed E-state index contributed by atoms with van der Waals surface area (Å²) in [6, 6.07) is 3.61. The fourth-order valence-electron chi connectivity index (χ4n) is 3.32. The fourth-order valence-corrected chi connectivity index (χ4v) is 7.75. The molecule has 0 saturated heterocycles. The van der Waals surface area contributed by atoms with Crippen LogP contribution in [0.2, 0.25) is 36.3 Å². The third-order valence-corrected chi connectivity index (χ3v) is 16.1. The smallest absolute Gasteiger partial charge is 0.192 e. The molecule has 0 saturated carbocycles. The summed E-state index contributed by atoms with van der Waals surface area (Å²) < 4.78 is 13.3. The van der Waals surface area contributed by atoms with Crippen LogP contribution in [0.4, 0.5) is 0 Å². The average molecular weight is 417 g/mol. The standard InChI is InChI=1S/C22H48O3Si2/c1-11-20(24-27(12-2,13-3)14-4)16-15-17-21(19(5)18-23)25-26(9,10)22(6,7)8/h18-21H,11-17H2,1-10H3/t19-,20-,21-/m0/s1. The van der Waals surface area contributed by atoms with Crippen LogP contribution in [0, 0.1) is 5.92 Å². The summed E-state index contributed by atoms with van der Waals surface area (Å²) in [4.78, 5) is 11.5. The summed E-state index contributed by atoms with van der Waals surface area (Å²) in [6.07, 6.45) is 5.63. The lowest BCUT2D eigenvalue weighted by molar-refractivity contribution is -0.113. The van der Waals surface area contributed by atoms with Crippen molar-refractivity contribution in [2.45, 2.75) is 130 Å². The van der Waals surface area contributed by atoms with Crippen LogP contribution in [-0.2, 0) is 13.6 Å². The SMILES string of the molecule is CC[C@@H](CCC[C@H](O[Si](C)(C)C(C)(C)C)[C@@H](C)C=O)O[Si](CC)(CC)CC. The second kappa shape index (κ2) is 11.9. The fraction of sp³-hybridized carbons (Fsp3) is 0.955. The van der Waals surface area contributed by atoms with E-state index in [1.165, 1.54) is 18.1 Å². The lowest BCUT2D eigenvalue weighted by Gasteiger charge is -2.40. The maximum absolute atomic E-state index is 11.5. The number of carbonyl (C=O) groups excluding carboxylic acids is 1. The van der Waals surface area contributed by atoms with E-state index >= 15 is 0 Å². The minimum Gasteiger partial charge on any atom is -0.414 e. The van der Waals surface area contributed by atoms with Gasteiger partial charge in [0.1, 0.15) is 6.29 Å². The maximum atomic E-state index is 11.5. The zero-order valence-electron chi connectivity index (χ0n) is 20.0. The van der Waals surface area contributed by atoms with Gasteiger partial charge in [0, 0.05) is 12.0 Å². The van der Waals surface area contributed by atoms with E-state index in [1.54, 1.807) is 0 Å². The predicted molar refractivity (Wildman–Crippen MR) is 124 cm³/mol. The van der Waals surface area contributed by atoms with Crippen molar-refractivity contribution in [1.29, 1.82) is 0 Å². The second-order valence-corrected chi connectivity index (χ2v) is 19.2. The second-order valence-electron chi connectivity index (χ2n) is 9.73. The van der Waals surface area contributed by atoms with Gasteiger partial charge in [-0.25, -0.2) is 0 Å². The first-order valence-corrected chi connectivity index (χ1v) is 16.7. The Balaban J connectivity index is 4.90. The molecular weight excluding hydrogens is 368 g/mol. The molecule has 5 heteroatoms. The van der Waals surface area contributed by atoms with Gasteiger partial charge in [-0.3, -0.25) is 0 Å². The molecule has 0 rings (SSSR count). The van der Waals surface area contributed by atoms with Crippen molar-refractivity contribution in [2.24, 2.45) is 5.92 Å². The van der Waals surface area contributed by atoms with Crippen LogP contribution in [0.1, 0.15) is 81.1 Å². The molecule has 3 atom stereocenters. The first kappa shape index (κ1) is 27.0. The van der Waals surface area contributed by atoms with Crippen LogP contribution in [0.15, 0.2) is 0 Å². The van der Waals surface area contributed by atoms with E-state index in [9.17, 15) is 4.79 Å². The van der Waals surface area contributed by atoms with Crippen molar-refractivity contribution < 1.29 is 13.6 Å². The highest BCUT2D eigenvalue weighted by Gasteiger charge is 2.40. The Labute approximate surface area is 172 Å². The van der Waals surface area contributed by atoms with E-state index in [2.05, 4.69) is 61.6 Å². The Morgan fingerprint density at radius 1 is 0.926 bits per heavy atom. The lowest BCUT2D eigenvalue weighted by Crippen LogP contribution is -2.45. The monoisotopic (exact) mass is 416 g/mol. The van der Waals surface area contributed by atoms with Crippen molar-refractivity contribution in [2.75, 3.05) is 0 Å². The van der Waals surface area contributed by atoms with Crippen molar-refractivity contribution in [3.05, 3.63) is 0 Å². The summed E-state index contributed by atoms with van der Waals surface area (Å²) in [5.41, 5.74) is 0. The van der Waals surface area contributed by atoms with E-state index in [4.69, 9.17) is 8.85 Å². The van der Waals surface area contributed by atoms with Gasteiger partial charge in [0.15, 0.2) is 16.6 Å². The number of hydrogen-bond acceptors (Lipinski definition) is 3. The Bertz CT molecular complexity index is 406. The van der Waals surface area contributed by atoms with Crippen LogP contribution in [0.3, 0.4) is 0 Å². The number of aldehydes is 1. The minimum atomic E-state index is -1.87. The Morgan fingerprint density at radius 2 is 1.44 bits per heavy atom. The van der Waals surface area contributed by atoms with Crippen molar-refractivity contribution in [1.82, 2.24) is 0 Å². The number of carbonyl (C=O) groups is 1. The first-order chi connectivity index (χ1) is 12.4. The van der Waals surface area contributed by atoms with E-state index in [1.807, 2.05) is 6.92 Å². The van der Waals surface area contributed by atoms with Gasteiger partial charge >= 0.3 is 0 Å². The van der Waals surface area contributed by atoms with Gasteiger partial charge in [0.25, 0.3) is 0 Å². The molecule has 0 N–H and O–H groups in total. The van der Waals surface area contributed by atoms with Gasteiger partial charge in [-0.1, -0.05) is 55.4 Å². The molecule has 27 heavy (non-hydrogen) atoms. The maximum Gasteiger partial charge on any atom is 0.192 e. The normalized spacial score (nSPS) is 16.8. The quantitative estimate of drug-likeness (QED) is 0.222. The molecule has 162 valence electrons. The topological polar surface area (TPSA) is 35.5 Å². The highest BCUT2D eigenvalue weighted by atomic mass is 28.4. The summed E-state index contributed by atoms with van der Waals surface area (Å²) in [5.74, 6) is -0.0458. The Hall–Kier alpha value is 0.0238. The van der Waals surface area contributed by atoms with Crippen molar-refractivity contribution >= 4 is 22.9 Å². The largest absolute Gasteiger partial charge is 0.414 e. The number of hydrogen-bond donors (Lipinski definition) is 0. The van der Waals surface area contributed by atoms with Crippen molar-refractivity contribution in [3.8, 4) is 0 Å². The van der Waals surface area contributed by atoms with Gasteiger partial charge in [0.2, 0.25) is 0 Å². The summed E-state index contributed by atoms with van der Waals surface area (Å²) >= 11 is 0. The molecule has 0 heterocycles. The van der Waals surface area contributed by atoms with E-state index in [-0.39, 0.29) is 17.1 Å². The zero-order valence-corrected chi connectivity index (χ0v) is 22.0. The van der Waals surface area contributed by atoms with E-state index in [0.29, 0.717) is 6.10 Å². The van der Waals surface area contributed by atoms with Crippen LogP contribution in [0.5, 0.6) is 0 Å². The summed E-state index contributed by atoms with van der Waals surface area (Å²) in [5, 5.41) is 0.164. The third kappa shape index (κ3) is 8.50. The molecule has 0 aliphatic rings. The first-order valence-electron chi connectivity index (χ1n) is 11.2. The van der Waals surface area contributed by atoms with Crippen LogP contribution >= 0.6 is 0 Å². The molecule has 0 spiro atoms. The molecule has 0 bridgehead atoms. The third-order valence-electron chi connectivity index (χ3n) is 6.87. The molecule has 0 unspecified atom stereocenters. The summed E-state index contributed by atoms with van der Waals surface area (Å²) in [7, 11) is -3.42. The highest BCUT2D eigenvalue weighted by molar-refractivity contribution is 6.74. The molecular formula is C22H48O3Si2. The molecule has 0 aromatic carbocycles. The molecule has 0 aromatic heterocycles. The molecule has 0 aliphatic heterocycles. The number of rotatable bonds is 14. The summed E-state index contributed by atoms with van der Waals surface area (Å²) in [6.45, 7) is 22.4. The van der Waals surface area contributed by atoms with Gasteiger partial charge in [-0.05, 0) is 61.9 Å². The average Bonchev–Trinajstić information content (AvgIpc) is 2.62. The molecule has 0 amide bonds. The van der Waals surface area contributed by atoms with Crippen LogP contribution in [-0.4, -0.2) is 35.1 Å². The molecule has 0 aliphatic carbocycles. The van der Waals surface area contributed by atoms with Gasteiger partial charge in [-0.2, -0.15) is 0 Å². The Morgan fingerprint density at radius 3 is 1.81 bits per heavy atom. The lowest BCUT2D eigenvalue weighted by atomic mass is 9.99. The van der Waals surface area contributed by atoms with Crippen LogP contribution < -0.4 is 0 Å². The molecule has 0 aromatic rings. The zero-order chi connectivity index (χ0) is 21.3. The highest BCUT2D eigenvalue weighted by Crippen LogP contribution is 2.38. The molecule has 3 nitrogen and oxygen atoms in total. The Kier molecular flexibility index (Phi) is 11.9. The van der Waals surface area contributed by atoms with E-state index < -0.39 is 16.6 Å².